The molecule has 0 radical (unpaired) electrons. The number of hydrazine groups is 1. The molecule has 1 rings (SSSR count). The Morgan fingerprint density at radius 1 is 1.59 bits per heavy atom. The van der Waals surface area contributed by atoms with Crippen molar-refractivity contribution in [3.63, 3.8) is 0 Å². The SMILES string of the molecule is C=CCC(C)(C(=O)NNC)c1cccc(Br)c1. The number of benzene rings is 1. The number of hydrogen-bond acceptors (Lipinski definition) is 2. The molecule has 0 saturated heterocycles. The first-order valence-electron chi connectivity index (χ1n) is 5.38. The Labute approximate surface area is 110 Å². The van der Waals surface area contributed by atoms with Crippen LogP contribution in [0.3, 0.4) is 0 Å². The number of carbonyl (C=O) groups excluding carboxylic acids is 1. The molecule has 1 unspecified atom stereocenters. The maximum Gasteiger partial charge on any atom is 0.244 e. The van der Waals surface area contributed by atoms with Crippen LogP contribution >= 0.6 is 15.9 Å². The van der Waals surface area contributed by atoms with Gasteiger partial charge in [0.25, 0.3) is 0 Å². The second-order valence-corrected chi connectivity index (χ2v) is 4.96. The molecular weight excluding hydrogens is 280 g/mol. The van der Waals surface area contributed by atoms with Gasteiger partial charge in [-0.2, -0.15) is 0 Å². The molecule has 1 atom stereocenters. The summed E-state index contributed by atoms with van der Waals surface area (Å²) in [4.78, 5) is 12.1. The molecule has 92 valence electrons. The predicted octanol–water partition coefficient (Wildman–Crippen LogP) is 2.53. The largest absolute Gasteiger partial charge is 0.291 e. The summed E-state index contributed by atoms with van der Waals surface area (Å²) in [6, 6.07) is 7.77. The van der Waals surface area contributed by atoms with E-state index >= 15 is 0 Å². The van der Waals surface area contributed by atoms with Crippen LogP contribution in [-0.2, 0) is 10.2 Å². The highest BCUT2D eigenvalue weighted by Crippen LogP contribution is 2.30. The lowest BCUT2D eigenvalue weighted by Gasteiger charge is -2.27. The van der Waals surface area contributed by atoms with E-state index in [1.165, 1.54) is 0 Å². The molecule has 0 aliphatic carbocycles. The minimum Gasteiger partial charge on any atom is -0.291 e. The van der Waals surface area contributed by atoms with Gasteiger partial charge in [0.05, 0.1) is 5.41 Å². The van der Waals surface area contributed by atoms with E-state index in [0.717, 1.165) is 10.0 Å². The van der Waals surface area contributed by atoms with E-state index in [4.69, 9.17) is 0 Å². The molecule has 0 heterocycles. The molecule has 0 fully saturated rings. The lowest BCUT2D eigenvalue weighted by atomic mass is 9.79. The van der Waals surface area contributed by atoms with Crippen molar-refractivity contribution in [2.75, 3.05) is 7.05 Å². The summed E-state index contributed by atoms with van der Waals surface area (Å²) in [5.41, 5.74) is 5.65. The summed E-state index contributed by atoms with van der Waals surface area (Å²) in [6.45, 7) is 5.63. The highest BCUT2D eigenvalue weighted by molar-refractivity contribution is 9.10. The quantitative estimate of drug-likeness (QED) is 0.648. The van der Waals surface area contributed by atoms with Gasteiger partial charge in [0.2, 0.25) is 5.91 Å². The van der Waals surface area contributed by atoms with Gasteiger partial charge in [0.1, 0.15) is 0 Å². The van der Waals surface area contributed by atoms with Crippen LogP contribution in [0.25, 0.3) is 0 Å². The van der Waals surface area contributed by atoms with Crippen molar-refractivity contribution < 1.29 is 4.79 Å². The summed E-state index contributed by atoms with van der Waals surface area (Å²) in [5.74, 6) is -0.0713. The Hall–Kier alpha value is -1.13. The molecule has 0 saturated carbocycles. The van der Waals surface area contributed by atoms with Crippen molar-refractivity contribution in [3.05, 3.63) is 47.0 Å². The zero-order valence-electron chi connectivity index (χ0n) is 10.1. The minimum absolute atomic E-state index is 0.0713. The Balaban J connectivity index is 3.14. The van der Waals surface area contributed by atoms with Crippen molar-refractivity contribution in [2.24, 2.45) is 0 Å². The first-order valence-corrected chi connectivity index (χ1v) is 6.18. The summed E-state index contributed by atoms with van der Waals surface area (Å²) in [6.07, 6.45) is 2.34. The fourth-order valence-corrected chi connectivity index (χ4v) is 2.11. The van der Waals surface area contributed by atoms with Gasteiger partial charge in [-0.15, -0.1) is 6.58 Å². The Morgan fingerprint density at radius 3 is 2.82 bits per heavy atom. The molecule has 17 heavy (non-hydrogen) atoms. The average Bonchev–Trinajstić information content (AvgIpc) is 2.29. The molecule has 1 aromatic rings. The monoisotopic (exact) mass is 296 g/mol. The van der Waals surface area contributed by atoms with E-state index in [2.05, 4.69) is 33.4 Å². The second kappa shape index (κ2) is 5.98. The third-order valence-corrected chi connectivity index (χ3v) is 3.25. The Bertz CT molecular complexity index is 420. The number of amides is 1. The van der Waals surface area contributed by atoms with Crippen molar-refractivity contribution in [2.45, 2.75) is 18.8 Å². The number of rotatable bonds is 5. The highest BCUT2D eigenvalue weighted by atomic mass is 79.9. The molecule has 0 spiro atoms. The summed E-state index contributed by atoms with van der Waals surface area (Å²) < 4.78 is 0.961. The number of carbonyl (C=O) groups is 1. The Morgan fingerprint density at radius 2 is 2.29 bits per heavy atom. The van der Waals surface area contributed by atoms with Crippen LogP contribution in [0.4, 0.5) is 0 Å². The normalized spacial score (nSPS) is 13.8. The topological polar surface area (TPSA) is 41.1 Å². The smallest absolute Gasteiger partial charge is 0.244 e. The fraction of sp³-hybridized carbons (Fsp3) is 0.308. The minimum atomic E-state index is -0.617. The average molecular weight is 297 g/mol. The molecule has 0 aliphatic rings. The summed E-state index contributed by atoms with van der Waals surface area (Å²) >= 11 is 3.42. The van der Waals surface area contributed by atoms with Crippen molar-refractivity contribution >= 4 is 21.8 Å². The van der Waals surface area contributed by atoms with Crippen molar-refractivity contribution in [3.8, 4) is 0 Å². The standard InChI is InChI=1S/C13H17BrN2O/c1-4-8-13(2,12(17)16-15-3)10-6-5-7-11(14)9-10/h4-7,9,15H,1,8H2,2-3H3,(H,16,17). The molecule has 1 aromatic carbocycles. The van der Waals surface area contributed by atoms with E-state index in [1.807, 2.05) is 31.2 Å². The highest BCUT2D eigenvalue weighted by Gasteiger charge is 2.33. The molecule has 1 amide bonds. The molecule has 0 bridgehead atoms. The van der Waals surface area contributed by atoms with Gasteiger partial charge in [-0.1, -0.05) is 34.1 Å². The van der Waals surface area contributed by atoms with E-state index in [1.54, 1.807) is 13.1 Å². The van der Waals surface area contributed by atoms with Crippen LogP contribution in [0.15, 0.2) is 41.4 Å². The van der Waals surface area contributed by atoms with Crippen molar-refractivity contribution in [1.29, 1.82) is 0 Å². The first-order chi connectivity index (χ1) is 8.04. The first kappa shape index (κ1) is 13.9. The zero-order valence-corrected chi connectivity index (χ0v) is 11.7. The van der Waals surface area contributed by atoms with Gasteiger partial charge in [-0.05, 0) is 31.0 Å². The Kier molecular flexibility index (Phi) is 4.90. The van der Waals surface area contributed by atoms with E-state index in [9.17, 15) is 4.79 Å². The van der Waals surface area contributed by atoms with Gasteiger partial charge in [-0.25, -0.2) is 5.43 Å². The van der Waals surface area contributed by atoms with Crippen LogP contribution in [0, 0.1) is 0 Å². The van der Waals surface area contributed by atoms with Crippen LogP contribution in [-0.4, -0.2) is 13.0 Å². The van der Waals surface area contributed by atoms with E-state index in [0.29, 0.717) is 6.42 Å². The van der Waals surface area contributed by atoms with E-state index < -0.39 is 5.41 Å². The number of nitrogens with one attached hydrogen (secondary N) is 2. The van der Waals surface area contributed by atoms with Gasteiger partial charge < -0.3 is 0 Å². The van der Waals surface area contributed by atoms with E-state index in [-0.39, 0.29) is 5.91 Å². The van der Waals surface area contributed by atoms with Crippen LogP contribution < -0.4 is 10.9 Å². The van der Waals surface area contributed by atoms with Gasteiger partial charge >= 0.3 is 0 Å². The lowest BCUT2D eigenvalue weighted by molar-refractivity contribution is -0.127. The molecule has 3 nitrogen and oxygen atoms in total. The van der Waals surface area contributed by atoms with Crippen LogP contribution in [0.5, 0.6) is 0 Å². The molecular formula is C13H17BrN2O. The third-order valence-electron chi connectivity index (χ3n) is 2.75. The number of allylic oxidation sites excluding steroid dienone is 1. The molecule has 4 heteroatoms. The third kappa shape index (κ3) is 3.17. The molecule has 0 aromatic heterocycles. The van der Waals surface area contributed by atoms with Gasteiger partial charge in [-0.3, -0.25) is 10.2 Å². The fourth-order valence-electron chi connectivity index (χ4n) is 1.71. The second-order valence-electron chi connectivity index (χ2n) is 4.04. The summed E-state index contributed by atoms with van der Waals surface area (Å²) in [7, 11) is 1.67. The van der Waals surface area contributed by atoms with Crippen LogP contribution in [0.1, 0.15) is 18.9 Å². The van der Waals surface area contributed by atoms with Gasteiger partial charge in [0.15, 0.2) is 0 Å². The molecule has 2 N–H and O–H groups in total. The zero-order chi connectivity index (χ0) is 12.9. The predicted molar refractivity (Wildman–Crippen MR) is 73.5 cm³/mol. The lowest BCUT2D eigenvalue weighted by Crippen LogP contribution is -2.46. The number of hydrogen-bond donors (Lipinski definition) is 2. The molecule has 0 aliphatic heterocycles. The number of halogens is 1. The van der Waals surface area contributed by atoms with Crippen LogP contribution in [0.2, 0.25) is 0 Å². The maximum absolute atomic E-state index is 12.1. The summed E-state index contributed by atoms with van der Waals surface area (Å²) in [5, 5.41) is 0. The van der Waals surface area contributed by atoms with Crippen molar-refractivity contribution in [1.82, 2.24) is 10.9 Å². The maximum atomic E-state index is 12.1. The van der Waals surface area contributed by atoms with Gasteiger partial charge in [0, 0.05) is 11.5 Å².